The van der Waals surface area contributed by atoms with Gasteiger partial charge < -0.3 is 108 Å². The Morgan fingerprint density at radius 3 is 1.75 bits per heavy atom. The second kappa shape index (κ2) is 47.4. The molecule has 32 nitrogen and oxygen atoms in total. The number of fused-ring (bicyclic) bond motifs is 4. The number of carbonyl (C=O) groups is 8. The second-order valence-corrected chi connectivity index (χ2v) is 28.8. The van der Waals surface area contributed by atoms with Gasteiger partial charge in [-0.05, 0) is 101 Å². The van der Waals surface area contributed by atoms with Crippen LogP contribution in [0.3, 0.4) is 0 Å². The van der Waals surface area contributed by atoms with Gasteiger partial charge in [-0.25, -0.2) is 9.69 Å². The number of hydrogen-bond acceptors (Lipinski definition) is 24. The van der Waals surface area contributed by atoms with E-state index < -0.39 is 60.3 Å². The quantitative estimate of drug-likeness (QED) is 0.0297. The molecular weight excluding hydrogens is 1500 g/mol. The first kappa shape index (κ1) is 90.1. The third-order valence-electron chi connectivity index (χ3n) is 19.6. The second-order valence-electron chi connectivity index (χ2n) is 28.8. The number of amides is 8. The Hall–Kier alpha value is -9.87. The highest BCUT2D eigenvalue weighted by molar-refractivity contribution is 6.07. The number of methoxy groups -OCH3 is 2. The van der Waals surface area contributed by atoms with E-state index in [0.29, 0.717) is 165 Å². The smallest absolute Gasteiger partial charge is 0.416 e. The summed E-state index contributed by atoms with van der Waals surface area (Å²) in [6.45, 7) is 15.1. The number of aliphatic hydroxyl groups excluding tert-OH is 2. The summed E-state index contributed by atoms with van der Waals surface area (Å²) in [5.74, 6) is -1.67. The highest BCUT2D eigenvalue weighted by Gasteiger charge is 2.46. The van der Waals surface area contributed by atoms with Gasteiger partial charge in [0.05, 0.1) is 168 Å². The number of aliphatic imine (C=N–C) groups is 1. The van der Waals surface area contributed by atoms with Gasteiger partial charge in [-0.15, -0.1) is 0 Å². The van der Waals surface area contributed by atoms with Crippen molar-refractivity contribution in [2.24, 2.45) is 16.8 Å². The molecule has 1 aliphatic carbocycles. The Kier molecular flexibility index (Phi) is 36.8. The molecule has 0 saturated carbocycles. The molecule has 3 aromatic rings. The van der Waals surface area contributed by atoms with Gasteiger partial charge in [0.15, 0.2) is 29.2 Å². The third kappa shape index (κ3) is 27.4. The summed E-state index contributed by atoms with van der Waals surface area (Å²) in [5, 5.41) is 33.8. The lowest BCUT2D eigenvalue weighted by molar-refractivity contribution is -0.134. The average molecular weight is 1620 g/mol. The maximum atomic E-state index is 14.3. The SMILES string of the molecule is COc1cc2c(cc1OCCCCCOc1cc3c(cc1OC)C(=O)N1C=C(C)CC1C(O)N3C(=O)OCc1ccc(NC(=O)C(C)NC(=O)C(NC(=O)CCOCCOCCOCCOCCOCCOCCOCCOCCNC(=O)CCN3C(=O)CC(CC4=CC=CC=CC=C4)C3O)C(C)C)cc1)N=CC1CC(C)=CN1C2=O. The topological polar surface area (TPSA) is 370 Å². The number of anilines is 2. The molecule has 5 aliphatic heterocycles. The predicted octanol–water partition coefficient (Wildman–Crippen LogP) is 7.54. The van der Waals surface area contributed by atoms with Crippen molar-refractivity contribution in [1.29, 1.82) is 0 Å². The molecule has 0 bridgehead atoms. The molecular formula is C84H113N9O23. The number of nitrogens with zero attached hydrogens (tertiary/aromatic N) is 5. The number of rotatable bonds is 50. The summed E-state index contributed by atoms with van der Waals surface area (Å²) in [6.07, 6.45) is 19.3. The van der Waals surface area contributed by atoms with Gasteiger partial charge in [0.1, 0.15) is 24.9 Å². The molecule has 0 aromatic heterocycles. The normalized spacial score (nSPS) is 18.6. The van der Waals surface area contributed by atoms with E-state index in [4.69, 9.17) is 61.6 Å². The first-order chi connectivity index (χ1) is 56.2. The van der Waals surface area contributed by atoms with Crippen molar-refractivity contribution in [3.05, 3.63) is 137 Å². The third-order valence-corrected chi connectivity index (χ3v) is 19.6. The Labute approximate surface area is 677 Å². The zero-order valence-corrected chi connectivity index (χ0v) is 67.4. The summed E-state index contributed by atoms with van der Waals surface area (Å²) in [4.78, 5) is 117. The Bertz CT molecular complexity index is 4010. The molecule has 1 fully saturated rings. The molecule has 9 rings (SSSR count). The van der Waals surface area contributed by atoms with Gasteiger partial charge in [0.2, 0.25) is 29.5 Å². The van der Waals surface area contributed by atoms with Crippen LogP contribution in [-0.4, -0.2) is 261 Å². The maximum absolute atomic E-state index is 14.3. The fraction of sp³-hybridized carbons (Fsp3) is 0.536. The molecule has 8 amide bonds. The van der Waals surface area contributed by atoms with Crippen LogP contribution >= 0.6 is 0 Å². The van der Waals surface area contributed by atoms with E-state index in [0.717, 1.165) is 28.0 Å². The van der Waals surface area contributed by atoms with Crippen molar-refractivity contribution in [3.8, 4) is 23.0 Å². The van der Waals surface area contributed by atoms with E-state index in [9.17, 15) is 48.6 Å². The number of allylic oxidation sites excluding steroid dienone is 8. The molecule has 7 unspecified atom stereocenters. The van der Waals surface area contributed by atoms with Crippen molar-refractivity contribution in [2.75, 3.05) is 156 Å². The van der Waals surface area contributed by atoms with Crippen LogP contribution in [0.25, 0.3) is 0 Å². The molecule has 7 atom stereocenters. The Morgan fingerprint density at radius 1 is 0.569 bits per heavy atom. The van der Waals surface area contributed by atoms with E-state index in [-0.39, 0.29) is 117 Å². The number of hydrogen-bond donors (Lipinski definition) is 6. The van der Waals surface area contributed by atoms with Crippen LogP contribution in [0.15, 0.2) is 125 Å². The number of unbranched alkanes of at least 4 members (excludes halogenated alkanes) is 2. The average Bonchev–Trinajstić information content (AvgIpc) is 1.59. The van der Waals surface area contributed by atoms with Gasteiger partial charge >= 0.3 is 6.09 Å². The molecule has 1 saturated heterocycles. The van der Waals surface area contributed by atoms with Crippen LogP contribution < -0.4 is 45.1 Å². The highest BCUT2D eigenvalue weighted by Crippen LogP contribution is 2.43. The van der Waals surface area contributed by atoms with E-state index in [1.165, 1.54) is 43.1 Å². The summed E-state index contributed by atoms with van der Waals surface area (Å²) in [7, 11) is 2.96. The largest absolute Gasteiger partial charge is 0.493 e. The molecule has 32 heteroatoms. The summed E-state index contributed by atoms with van der Waals surface area (Å²) in [6, 6.07) is 9.94. The lowest BCUT2D eigenvalue weighted by Gasteiger charge is -2.31. The molecule has 3 aromatic carbocycles. The zero-order valence-electron chi connectivity index (χ0n) is 67.4. The van der Waals surface area contributed by atoms with Gasteiger partial charge in [0.25, 0.3) is 11.8 Å². The van der Waals surface area contributed by atoms with Gasteiger partial charge in [-0.3, -0.25) is 38.6 Å². The predicted molar refractivity (Wildman–Crippen MR) is 429 cm³/mol. The number of aliphatic hydroxyl groups is 2. The summed E-state index contributed by atoms with van der Waals surface area (Å²) < 4.78 is 73.9. The van der Waals surface area contributed by atoms with Gasteiger partial charge in [-0.2, -0.15) is 0 Å². The van der Waals surface area contributed by atoms with E-state index in [1.807, 2.05) is 62.6 Å². The maximum Gasteiger partial charge on any atom is 0.416 e. The van der Waals surface area contributed by atoms with Crippen molar-refractivity contribution in [2.45, 2.75) is 136 Å². The standard InChI is InChI=1S/C84H113N9O23/c1-56(2)77(89-75(95)23-28-106-30-32-108-34-36-110-38-40-112-42-43-113-41-39-111-37-35-109-33-31-107-29-24-85-74(94)22-25-90-76(96)47-62(80(90)99)46-60-16-12-9-8-10-13-17-60)79(98)87-59(5)78(97)88-63-20-18-61(19-21-63)55-116-84(103)93-68-51-73(71(105-7)49-66(68)82(101)92-54-58(4)45-69(92)83(93)102)115-27-15-11-14-26-114-72-50-67-65(48-70(72)104-6)81(100)91-53-57(3)44-64(91)52-86-67/h8-10,12-13,16-21,48-54,56,59,62,64,69,77,80,83,99,102H,11,14-15,22-47,55H2,1-7H3,(H,85,94)(H,87,98)(H,88,97)(H,89,95). The first-order valence-corrected chi connectivity index (χ1v) is 39.7. The van der Waals surface area contributed by atoms with Crippen molar-refractivity contribution in [1.82, 2.24) is 30.7 Å². The van der Waals surface area contributed by atoms with Crippen LogP contribution in [0.5, 0.6) is 23.0 Å². The van der Waals surface area contributed by atoms with Crippen LogP contribution in [-0.2, 0) is 73.2 Å². The molecule has 116 heavy (non-hydrogen) atoms. The Morgan fingerprint density at radius 2 is 1.13 bits per heavy atom. The minimum Gasteiger partial charge on any atom is -0.493 e. The number of nitrogens with one attached hydrogen (secondary N) is 4. The molecule has 6 aliphatic rings. The molecule has 0 spiro atoms. The Balaban J connectivity index is 0.567. The molecule has 0 radical (unpaired) electrons. The zero-order chi connectivity index (χ0) is 82.7. The van der Waals surface area contributed by atoms with Gasteiger partial charge in [-0.1, -0.05) is 79.7 Å². The number of benzene rings is 3. The van der Waals surface area contributed by atoms with E-state index >= 15 is 0 Å². The molecule has 6 N–H and O–H groups in total. The van der Waals surface area contributed by atoms with Crippen molar-refractivity contribution >= 4 is 70.7 Å². The van der Waals surface area contributed by atoms with E-state index in [2.05, 4.69) is 26.3 Å². The summed E-state index contributed by atoms with van der Waals surface area (Å²) >= 11 is 0. The van der Waals surface area contributed by atoms with Gasteiger partial charge in [0, 0.05) is 74.7 Å². The first-order valence-electron chi connectivity index (χ1n) is 39.7. The minimum absolute atomic E-state index is 0.0151. The van der Waals surface area contributed by atoms with E-state index in [1.54, 1.807) is 67.6 Å². The lowest BCUT2D eigenvalue weighted by Crippen LogP contribution is -2.53. The molecule has 5 heterocycles. The lowest BCUT2D eigenvalue weighted by atomic mass is 9.96. The fourth-order valence-electron chi connectivity index (χ4n) is 13.4. The number of carbonyl (C=O) groups excluding carboxylic acids is 8. The van der Waals surface area contributed by atoms with Crippen molar-refractivity contribution < 1.29 is 110 Å². The van der Waals surface area contributed by atoms with Crippen LogP contribution in [0.2, 0.25) is 0 Å². The van der Waals surface area contributed by atoms with Crippen LogP contribution in [0.1, 0.15) is 119 Å². The minimum atomic E-state index is -1.53. The number of likely N-dealkylation sites (tertiary alicyclic amines) is 1. The van der Waals surface area contributed by atoms with Crippen LogP contribution in [0, 0.1) is 11.8 Å². The van der Waals surface area contributed by atoms with Crippen LogP contribution in [0.4, 0.5) is 21.9 Å². The monoisotopic (exact) mass is 1620 g/mol. The summed E-state index contributed by atoms with van der Waals surface area (Å²) in [5.41, 5.74) is 4.94. The van der Waals surface area contributed by atoms with Crippen molar-refractivity contribution in [3.63, 3.8) is 0 Å². The highest BCUT2D eigenvalue weighted by atomic mass is 16.6. The number of ether oxygens (including phenoxy) is 13. The molecule has 632 valence electrons. The fourth-order valence-corrected chi connectivity index (χ4v) is 13.4.